The van der Waals surface area contributed by atoms with Gasteiger partial charge in [0.2, 0.25) is 0 Å². The minimum atomic E-state index is -0.138. The highest BCUT2D eigenvalue weighted by atomic mass is 31.1. The monoisotopic (exact) mass is 410 g/mol. The van der Waals surface area contributed by atoms with Crippen molar-refractivity contribution in [1.82, 2.24) is 5.32 Å². The van der Waals surface area contributed by atoms with Gasteiger partial charge < -0.3 is 10.6 Å². The molecule has 0 amide bonds. The van der Waals surface area contributed by atoms with Crippen LogP contribution in [-0.2, 0) is 0 Å². The molecule has 1 aromatic rings. The Morgan fingerprint density at radius 3 is 2.07 bits per heavy atom. The van der Waals surface area contributed by atoms with Gasteiger partial charge in [-0.1, -0.05) is 82.9 Å². The fourth-order valence-electron chi connectivity index (χ4n) is 6.15. The number of para-hydroxylation sites is 1. The van der Waals surface area contributed by atoms with Gasteiger partial charge in [-0.3, -0.25) is 0 Å². The first kappa shape index (κ1) is 21.1. The summed E-state index contributed by atoms with van der Waals surface area (Å²) in [6.07, 6.45) is 22.8. The molecule has 0 radical (unpaired) electrons. The first-order valence-corrected chi connectivity index (χ1v) is 13.4. The molecule has 0 bridgehead atoms. The second-order valence-electron chi connectivity index (χ2n) is 9.11. The molecule has 0 heterocycles. The summed E-state index contributed by atoms with van der Waals surface area (Å²) in [7, 11) is 4.17. The fourth-order valence-corrected chi connectivity index (χ4v) is 10.9. The van der Waals surface area contributed by atoms with Crippen LogP contribution in [0.15, 0.2) is 42.5 Å². The summed E-state index contributed by atoms with van der Waals surface area (Å²) in [4.78, 5) is 0. The molecule has 3 aliphatic carbocycles. The Labute approximate surface area is 179 Å². The lowest BCUT2D eigenvalue weighted by molar-refractivity contribution is 0.468. The van der Waals surface area contributed by atoms with Crippen LogP contribution in [-0.4, -0.2) is 30.7 Å². The Morgan fingerprint density at radius 2 is 1.48 bits per heavy atom. The van der Waals surface area contributed by atoms with Crippen molar-refractivity contribution in [3.63, 3.8) is 0 Å². The number of anilines is 1. The van der Waals surface area contributed by atoms with Crippen LogP contribution in [0.5, 0.6) is 0 Å². The van der Waals surface area contributed by atoms with Crippen molar-refractivity contribution in [2.75, 3.05) is 19.4 Å². The highest BCUT2D eigenvalue weighted by Gasteiger charge is 2.48. The minimum absolute atomic E-state index is 0.112. The van der Waals surface area contributed by atoms with Crippen LogP contribution in [0.3, 0.4) is 0 Å². The van der Waals surface area contributed by atoms with Gasteiger partial charge in [-0.25, -0.2) is 0 Å². The van der Waals surface area contributed by atoms with Crippen molar-refractivity contribution in [3.8, 4) is 0 Å². The Balaban J connectivity index is 1.80. The first-order valence-electron chi connectivity index (χ1n) is 11.9. The molecular formula is C26H39N2P. The lowest BCUT2D eigenvalue weighted by Gasteiger charge is -2.52. The summed E-state index contributed by atoms with van der Waals surface area (Å²) in [5.74, 6) is 0. The van der Waals surface area contributed by atoms with E-state index in [1.807, 2.05) is 0 Å². The van der Waals surface area contributed by atoms with Crippen molar-refractivity contribution in [2.45, 2.75) is 87.2 Å². The van der Waals surface area contributed by atoms with E-state index >= 15 is 0 Å². The van der Waals surface area contributed by atoms with Crippen molar-refractivity contribution in [1.29, 1.82) is 0 Å². The van der Waals surface area contributed by atoms with Gasteiger partial charge in [0, 0.05) is 18.3 Å². The number of benzene rings is 1. The molecule has 4 rings (SSSR count). The fraction of sp³-hybridized carbons (Fsp3) is 0.615. The molecule has 2 saturated carbocycles. The van der Waals surface area contributed by atoms with E-state index in [0.717, 1.165) is 17.7 Å². The maximum Gasteiger partial charge on any atom is 0.0677 e. The van der Waals surface area contributed by atoms with E-state index in [0.29, 0.717) is 0 Å². The van der Waals surface area contributed by atoms with E-state index in [9.17, 15) is 0 Å². The number of allylic oxidation sites excluding steroid dienone is 2. The molecule has 29 heavy (non-hydrogen) atoms. The van der Waals surface area contributed by atoms with Crippen LogP contribution in [0, 0.1) is 0 Å². The maximum atomic E-state index is 3.99. The molecule has 2 nitrogen and oxygen atoms in total. The highest BCUT2D eigenvalue weighted by Crippen LogP contribution is 2.68. The smallest absolute Gasteiger partial charge is 0.0677 e. The third kappa shape index (κ3) is 4.21. The zero-order chi connectivity index (χ0) is 20.1. The highest BCUT2D eigenvalue weighted by molar-refractivity contribution is 7.61. The third-order valence-corrected chi connectivity index (χ3v) is 11.7. The number of hydrogen-bond donors (Lipinski definition) is 2. The van der Waals surface area contributed by atoms with Crippen molar-refractivity contribution >= 4 is 19.2 Å². The molecule has 2 fully saturated rings. The average Bonchev–Trinajstić information content (AvgIpc) is 2.81. The van der Waals surface area contributed by atoms with Gasteiger partial charge in [-0.2, -0.15) is 0 Å². The zero-order valence-corrected chi connectivity index (χ0v) is 19.3. The molecule has 158 valence electrons. The number of nitrogens with one attached hydrogen (secondary N) is 2. The Kier molecular flexibility index (Phi) is 7.14. The zero-order valence-electron chi connectivity index (χ0n) is 18.4. The summed E-state index contributed by atoms with van der Waals surface area (Å²) >= 11 is 0. The van der Waals surface area contributed by atoms with Gasteiger partial charge >= 0.3 is 0 Å². The van der Waals surface area contributed by atoms with Crippen LogP contribution in [0.2, 0.25) is 0 Å². The van der Waals surface area contributed by atoms with Gasteiger partial charge in [0.25, 0.3) is 0 Å². The lowest BCUT2D eigenvalue weighted by atomic mass is 9.90. The van der Waals surface area contributed by atoms with Crippen LogP contribution in [0.4, 0.5) is 5.69 Å². The SMILES string of the molecule is CNc1ccccc1C1=CC=CCC1(NC)P(C1CCCCC1)C1CCCCC1. The molecule has 0 aromatic heterocycles. The minimum Gasteiger partial charge on any atom is -0.388 e. The summed E-state index contributed by atoms with van der Waals surface area (Å²) in [6.45, 7) is 0. The molecule has 0 aliphatic heterocycles. The largest absolute Gasteiger partial charge is 0.388 e. The Hall–Kier alpha value is -1.11. The second kappa shape index (κ2) is 9.80. The van der Waals surface area contributed by atoms with Crippen molar-refractivity contribution in [3.05, 3.63) is 48.1 Å². The first-order chi connectivity index (χ1) is 14.3. The molecule has 1 unspecified atom stereocenters. The Morgan fingerprint density at radius 1 is 0.862 bits per heavy atom. The maximum absolute atomic E-state index is 3.99. The van der Waals surface area contributed by atoms with Gasteiger partial charge in [0.05, 0.1) is 5.28 Å². The number of rotatable bonds is 6. The van der Waals surface area contributed by atoms with Crippen LogP contribution < -0.4 is 10.6 Å². The number of hydrogen-bond acceptors (Lipinski definition) is 2. The molecule has 0 spiro atoms. The second-order valence-corrected chi connectivity index (χ2v) is 12.1. The van der Waals surface area contributed by atoms with E-state index in [2.05, 4.69) is 67.2 Å². The normalized spacial score (nSPS) is 26.5. The Bertz CT molecular complexity index is 710. The summed E-state index contributed by atoms with van der Waals surface area (Å²) < 4.78 is 0. The summed E-state index contributed by atoms with van der Waals surface area (Å²) in [6, 6.07) is 8.93. The van der Waals surface area contributed by atoms with E-state index in [1.54, 1.807) is 0 Å². The van der Waals surface area contributed by atoms with Gasteiger partial charge in [-0.05, 0) is 62.1 Å². The molecule has 3 heteroatoms. The van der Waals surface area contributed by atoms with Crippen molar-refractivity contribution < 1.29 is 0 Å². The summed E-state index contributed by atoms with van der Waals surface area (Å²) in [5.41, 5.74) is 6.04. The van der Waals surface area contributed by atoms with Crippen LogP contribution >= 0.6 is 7.92 Å². The van der Waals surface area contributed by atoms with E-state index in [1.165, 1.54) is 81.0 Å². The molecular weight excluding hydrogens is 371 g/mol. The lowest BCUT2D eigenvalue weighted by Crippen LogP contribution is -2.48. The van der Waals surface area contributed by atoms with E-state index < -0.39 is 0 Å². The molecule has 0 saturated heterocycles. The average molecular weight is 411 g/mol. The quantitative estimate of drug-likeness (QED) is 0.487. The van der Waals surface area contributed by atoms with Crippen LogP contribution in [0.25, 0.3) is 5.57 Å². The van der Waals surface area contributed by atoms with E-state index in [-0.39, 0.29) is 13.2 Å². The predicted molar refractivity (Wildman–Crippen MR) is 130 cm³/mol. The standard InChI is InChI=1S/C26H39N2P/c1-27-25-19-10-9-17-23(25)24-18-11-12-20-26(24,28-2)29(21-13-5-3-6-14-21)22-15-7-4-8-16-22/h9-12,17-19,21-22,27-28H,3-8,13-16,20H2,1-2H3. The predicted octanol–water partition coefficient (Wildman–Crippen LogP) is 7.13. The van der Waals surface area contributed by atoms with Crippen molar-refractivity contribution in [2.24, 2.45) is 0 Å². The van der Waals surface area contributed by atoms with Gasteiger partial charge in [0.1, 0.15) is 0 Å². The van der Waals surface area contributed by atoms with Crippen LogP contribution in [0.1, 0.15) is 76.2 Å². The molecule has 1 aromatic carbocycles. The summed E-state index contributed by atoms with van der Waals surface area (Å²) in [5, 5.41) is 7.57. The third-order valence-electron chi connectivity index (χ3n) is 7.53. The topological polar surface area (TPSA) is 24.1 Å². The van der Waals surface area contributed by atoms with Gasteiger partial charge in [-0.15, -0.1) is 0 Å². The molecule has 2 N–H and O–H groups in total. The van der Waals surface area contributed by atoms with Gasteiger partial charge in [0.15, 0.2) is 0 Å². The molecule has 3 aliphatic rings. The van der Waals surface area contributed by atoms with E-state index in [4.69, 9.17) is 0 Å². The molecule has 1 atom stereocenters. The number of likely N-dealkylation sites (N-methyl/N-ethyl adjacent to an activating group) is 1.